The number of hydrazine groups is 1. The van der Waals surface area contributed by atoms with Crippen LogP contribution in [0.15, 0.2) is 41.3 Å². The van der Waals surface area contributed by atoms with Crippen molar-refractivity contribution in [2.24, 2.45) is 17.8 Å². The molecule has 1 amide bonds. The van der Waals surface area contributed by atoms with E-state index >= 15 is 0 Å². The van der Waals surface area contributed by atoms with Gasteiger partial charge in [0.2, 0.25) is 5.91 Å². The number of hydrogen-bond donors (Lipinski definition) is 4. The van der Waals surface area contributed by atoms with Gasteiger partial charge in [0.25, 0.3) is 0 Å². The zero-order chi connectivity index (χ0) is 28.4. The van der Waals surface area contributed by atoms with Gasteiger partial charge in [0.1, 0.15) is 11.5 Å². The molecule has 2 saturated heterocycles. The normalized spacial score (nSPS) is 32.7. The van der Waals surface area contributed by atoms with Gasteiger partial charge in [0, 0.05) is 30.9 Å². The maximum Gasteiger partial charge on any atom is 0.235 e. The van der Waals surface area contributed by atoms with Crippen molar-refractivity contribution in [2.75, 3.05) is 38.1 Å². The van der Waals surface area contributed by atoms with Crippen molar-refractivity contribution < 1.29 is 27.4 Å². The van der Waals surface area contributed by atoms with E-state index in [-0.39, 0.29) is 18.1 Å². The predicted octanol–water partition coefficient (Wildman–Crippen LogP) is 3.20. The first-order valence-electron chi connectivity index (χ1n) is 14.6. The number of hydrogen-bond acceptors (Lipinski definition) is 9. The monoisotopic (exact) mass is 582 g/mol. The van der Waals surface area contributed by atoms with Gasteiger partial charge in [-0.2, -0.15) is 0 Å². The van der Waals surface area contributed by atoms with Crippen molar-refractivity contribution in [1.29, 1.82) is 0 Å². The van der Waals surface area contributed by atoms with Crippen LogP contribution in [0.5, 0.6) is 11.5 Å². The number of benzene rings is 2. The smallest absolute Gasteiger partial charge is 0.235 e. The van der Waals surface area contributed by atoms with Crippen LogP contribution >= 0.6 is 0 Å². The molecule has 6 atom stereocenters. The third-order valence-corrected chi connectivity index (χ3v) is 12.4. The first-order chi connectivity index (χ1) is 19.8. The summed E-state index contributed by atoms with van der Waals surface area (Å²) in [5.41, 5.74) is 9.13. The summed E-state index contributed by atoms with van der Waals surface area (Å²) in [6.45, 7) is 0.945. The highest BCUT2D eigenvalue weighted by Crippen LogP contribution is 2.65. The minimum absolute atomic E-state index is 0.0798. The minimum atomic E-state index is -3.47. The van der Waals surface area contributed by atoms with E-state index in [9.17, 15) is 13.2 Å². The zero-order valence-electron chi connectivity index (χ0n) is 23.4. The van der Waals surface area contributed by atoms with Crippen LogP contribution in [0.1, 0.15) is 44.1 Å². The Morgan fingerprint density at radius 2 is 1.83 bits per heavy atom. The molecule has 3 heterocycles. The van der Waals surface area contributed by atoms with E-state index in [1.54, 1.807) is 32.4 Å². The Kier molecular flexibility index (Phi) is 6.68. The Hall–Kier alpha value is -2.86. The largest absolute Gasteiger partial charge is 0.497 e. The lowest BCUT2D eigenvalue weighted by molar-refractivity contribution is -0.118. The summed E-state index contributed by atoms with van der Waals surface area (Å²) < 4.78 is 43.2. The second kappa shape index (κ2) is 10.1. The van der Waals surface area contributed by atoms with Crippen molar-refractivity contribution in [3.63, 3.8) is 0 Å². The van der Waals surface area contributed by atoms with Crippen LogP contribution in [0.2, 0.25) is 0 Å². The fourth-order valence-electron chi connectivity index (χ4n) is 7.84. The van der Waals surface area contributed by atoms with E-state index in [0.717, 1.165) is 42.7 Å². The number of ether oxygens (including phenoxy) is 3. The van der Waals surface area contributed by atoms with Crippen molar-refractivity contribution in [2.45, 2.75) is 66.3 Å². The fraction of sp³-hybridized carbons (Fsp3) is 0.567. The Bertz CT molecular complexity index is 1460. The van der Waals surface area contributed by atoms with E-state index in [1.807, 2.05) is 18.2 Å². The maximum absolute atomic E-state index is 13.4. The van der Waals surface area contributed by atoms with Crippen LogP contribution in [0, 0.1) is 17.8 Å². The number of sulfone groups is 1. The third kappa shape index (κ3) is 4.40. The Morgan fingerprint density at radius 3 is 2.61 bits per heavy atom. The van der Waals surface area contributed by atoms with Crippen molar-refractivity contribution in [3.05, 3.63) is 42.0 Å². The highest BCUT2D eigenvalue weighted by atomic mass is 32.2. The standard InChI is InChI=1S/C30H38N4O6S/c1-38-18-4-7-24-22(14-18)30(29(35)32-24)16-23(30)17-3-6-21-25(13-17)33-34-28(21)31-26-15-20(5-8-27(26)39-2)41(36,37)19-9-11-40-12-10-19/h4-5,7-8,14-15,17,19,21,23,25,28,31,33-34H,3,6,9-13,16H2,1-2H3,(H,32,35)/t17?,21?,23-,25?,28?,30-/m0/s1. The van der Waals surface area contributed by atoms with E-state index in [2.05, 4.69) is 21.5 Å². The number of amides is 1. The molecular weight excluding hydrogens is 544 g/mol. The summed E-state index contributed by atoms with van der Waals surface area (Å²) in [5.74, 6) is 2.58. The average Bonchev–Trinajstić information content (AvgIpc) is 3.55. The molecule has 220 valence electrons. The van der Waals surface area contributed by atoms with Gasteiger partial charge < -0.3 is 24.8 Å². The summed E-state index contributed by atoms with van der Waals surface area (Å²) in [4.78, 5) is 13.5. The summed E-state index contributed by atoms with van der Waals surface area (Å²) in [5, 5.41) is 6.23. The van der Waals surface area contributed by atoms with Crippen LogP contribution < -0.4 is 31.0 Å². The maximum atomic E-state index is 13.4. The van der Waals surface area contributed by atoms with Crippen LogP contribution in [0.25, 0.3) is 0 Å². The molecule has 4 N–H and O–H groups in total. The van der Waals surface area contributed by atoms with Gasteiger partial charge in [-0.1, -0.05) is 0 Å². The van der Waals surface area contributed by atoms with E-state index in [1.165, 1.54) is 0 Å². The zero-order valence-corrected chi connectivity index (χ0v) is 24.3. The molecule has 0 radical (unpaired) electrons. The molecule has 3 aliphatic heterocycles. The minimum Gasteiger partial charge on any atom is -0.497 e. The van der Waals surface area contributed by atoms with Gasteiger partial charge in [-0.3, -0.25) is 10.2 Å². The van der Waals surface area contributed by atoms with E-state index in [0.29, 0.717) is 60.1 Å². The lowest BCUT2D eigenvalue weighted by Crippen LogP contribution is -2.39. The number of rotatable bonds is 7. The van der Waals surface area contributed by atoms with Crippen molar-refractivity contribution >= 4 is 27.1 Å². The lowest BCUT2D eigenvalue weighted by atomic mass is 9.74. The molecule has 5 aliphatic rings. The van der Waals surface area contributed by atoms with E-state index < -0.39 is 20.5 Å². The molecule has 1 spiro atoms. The van der Waals surface area contributed by atoms with Crippen molar-refractivity contribution in [1.82, 2.24) is 10.9 Å². The van der Waals surface area contributed by atoms with Crippen LogP contribution in [-0.4, -0.2) is 59.2 Å². The Balaban J connectivity index is 1.05. The van der Waals surface area contributed by atoms with Gasteiger partial charge in [-0.25, -0.2) is 13.8 Å². The SMILES string of the molecule is COc1ccc2c(c1)[C@]1(C[C@H]1C1CCC3C(C1)NNC3Nc1cc(S(=O)(=O)C3CCOCC3)ccc1OC)C(=O)N2. The molecule has 4 fully saturated rings. The quantitative estimate of drug-likeness (QED) is 0.389. The molecule has 2 saturated carbocycles. The number of fused-ring (bicyclic) bond motifs is 3. The highest BCUT2D eigenvalue weighted by molar-refractivity contribution is 7.92. The van der Waals surface area contributed by atoms with Gasteiger partial charge >= 0.3 is 0 Å². The number of carbonyl (C=O) groups excluding carboxylic acids is 1. The molecule has 10 nitrogen and oxygen atoms in total. The molecule has 41 heavy (non-hydrogen) atoms. The number of nitrogens with one attached hydrogen (secondary N) is 4. The fourth-order valence-corrected chi connectivity index (χ4v) is 9.58. The second-order valence-corrected chi connectivity index (χ2v) is 14.3. The van der Waals surface area contributed by atoms with Gasteiger partial charge in [-0.15, -0.1) is 0 Å². The molecule has 2 aromatic carbocycles. The summed E-state index contributed by atoms with van der Waals surface area (Å²) in [6, 6.07) is 11.2. The number of carbonyl (C=O) groups is 1. The van der Waals surface area contributed by atoms with E-state index in [4.69, 9.17) is 14.2 Å². The van der Waals surface area contributed by atoms with Gasteiger partial charge in [0.05, 0.1) is 41.6 Å². The molecule has 4 unspecified atom stereocenters. The molecule has 11 heteroatoms. The van der Waals surface area contributed by atoms with Crippen LogP contribution in [0.3, 0.4) is 0 Å². The number of methoxy groups -OCH3 is 2. The van der Waals surface area contributed by atoms with Crippen LogP contribution in [0.4, 0.5) is 11.4 Å². The van der Waals surface area contributed by atoms with Crippen molar-refractivity contribution in [3.8, 4) is 11.5 Å². The summed E-state index contributed by atoms with van der Waals surface area (Å²) in [7, 11) is -0.215. The Labute approximate surface area is 240 Å². The Morgan fingerprint density at radius 1 is 1.00 bits per heavy atom. The van der Waals surface area contributed by atoms with Gasteiger partial charge in [-0.05, 0) is 92.3 Å². The first-order valence-corrected chi connectivity index (χ1v) is 16.2. The summed E-state index contributed by atoms with van der Waals surface area (Å²) in [6.07, 6.45) is 4.83. The average molecular weight is 583 g/mol. The molecule has 2 aromatic rings. The number of anilines is 2. The molecule has 2 aliphatic carbocycles. The lowest BCUT2D eigenvalue weighted by Gasteiger charge is -2.34. The predicted molar refractivity (Wildman–Crippen MR) is 154 cm³/mol. The second-order valence-electron chi connectivity index (χ2n) is 12.1. The van der Waals surface area contributed by atoms with Gasteiger partial charge in [0.15, 0.2) is 9.84 Å². The summed E-state index contributed by atoms with van der Waals surface area (Å²) >= 11 is 0. The molecular formula is C30H38N4O6S. The van der Waals surface area contributed by atoms with Crippen LogP contribution in [-0.2, 0) is 24.8 Å². The highest BCUT2D eigenvalue weighted by Gasteiger charge is 2.67. The third-order valence-electron chi connectivity index (χ3n) is 10.2. The molecule has 0 aromatic heterocycles. The molecule has 0 bridgehead atoms. The molecule has 7 rings (SSSR count). The topological polar surface area (TPSA) is 127 Å². The first kappa shape index (κ1) is 27.0.